The molecule has 0 aliphatic rings. The lowest BCUT2D eigenvalue weighted by molar-refractivity contribution is -0.138. The summed E-state index contributed by atoms with van der Waals surface area (Å²) in [6.07, 6.45) is 0.989. The van der Waals surface area contributed by atoms with Crippen LogP contribution in [0.5, 0.6) is 11.5 Å². The Balaban J connectivity index is 0.000000260. The number of aromatic nitrogens is 3. The molecule has 1 aromatic heterocycles. The minimum absolute atomic E-state index is 0.0118. The summed E-state index contributed by atoms with van der Waals surface area (Å²) in [7, 11) is 0. The summed E-state index contributed by atoms with van der Waals surface area (Å²) in [5.74, 6) is -1.31. The first-order valence-electron chi connectivity index (χ1n) is 13.6. The second-order valence-corrected chi connectivity index (χ2v) is 12.7. The van der Waals surface area contributed by atoms with Crippen LogP contribution >= 0.6 is 11.6 Å². The molecular formula is C32H38ClN3O6. The molecule has 42 heavy (non-hydrogen) atoms. The maximum Gasteiger partial charge on any atom is 0.303 e. The van der Waals surface area contributed by atoms with Gasteiger partial charge in [-0.3, -0.25) is 9.59 Å². The highest BCUT2D eigenvalue weighted by Crippen LogP contribution is 2.37. The lowest BCUT2D eigenvalue weighted by atomic mass is 9.84. The molecule has 224 valence electrons. The van der Waals surface area contributed by atoms with Crippen LogP contribution in [0.1, 0.15) is 76.6 Å². The molecule has 0 amide bonds. The van der Waals surface area contributed by atoms with Crippen molar-refractivity contribution in [3.8, 4) is 17.2 Å². The molecule has 0 atom stereocenters. The number of carbonyl (C=O) groups is 2. The van der Waals surface area contributed by atoms with Crippen LogP contribution in [0.25, 0.3) is 16.7 Å². The van der Waals surface area contributed by atoms with Gasteiger partial charge in [0.2, 0.25) is 0 Å². The average molecular weight is 596 g/mol. The fourth-order valence-electron chi connectivity index (χ4n) is 4.38. The van der Waals surface area contributed by atoms with Gasteiger partial charge in [0.25, 0.3) is 0 Å². The standard InChI is InChI=1S/C19H20ClN3O3.C13H18O3/c1-19(2,3)13-8-11(4-7-17(24)25)9-16(18(13)26)23-21-14-6-5-12(20)10-15(14)22-23;1-13(2,3)10-8-9(4-6-11(10)14)5-7-12(15)16/h5-6,8-10,26H,4,7H2,1-3H3,(H,24,25);4,6,8,14H,5,7H2,1-3H3,(H,15,16). The van der Waals surface area contributed by atoms with Crippen LogP contribution in [-0.2, 0) is 33.3 Å². The van der Waals surface area contributed by atoms with E-state index in [4.69, 9.17) is 21.8 Å². The van der Waals surface area contributed by atoms with Crippen molar-refractivity contribution in [2.75, 3.05) is 0 Å². The molecule has 0 fully saturated rings. The zero-order valence-corrected chi connectivity index (χ0v) is 25.5. The second-order valence-electron chi connectivity index (χ2n) is 12.3. The largest absolute Gasteiger partial charge is 0.508 e. The molecule has 4 rings (SSSR count). The Kier molecular flexibility index (Phi) is 9.89. The summed E-state index contributed by atoms with van der Waals surface area (Å²) < 4.78 is 0. The first-order valence-corrected chi connectivity index (χ1v) is 14.0. The van der Waals surface area contributed by atoms with E-state index < -0.39 is 11.9 Å². The van der Waals surface area contributed by atoms with Crippen LogP contribution in [-0.4, -0.2) is 47.4 Å². The molecular weight excluding hydrogens is 558 g/mol. The molecule has 4 N–H and O–H groups in total. The number of rotatable bonds is 7. The van der Waals surface area contributed by atoms with Crippen molar-refractivity contribution in [2.45, 2.75) is 78.1 Å². The Morgan fingerprint density at radius 3 is 1.86 bits per heavy atom. The van der Waals surface area contributed by atoms with Gasteiger partial charge < -0.3 is 20.4 Å². The van der Waals surface area contributed by atoms with Gasteiger partial charge in [-0.25, -0.2) is 0 Å². The van der Waals surface area contributed by atoms with Gasteiger partial charge in [-0.05, 0) is 70.7 Å². The Morgan fingerprint density at radius 2 is 1.29 bits per heavy atom. The Labute approximate surface area is 250 Å². The van der Waals surface area contributed by atoms with Crippen molar-refractivity contribution in [3.05, 3.63) is 75.8 Å². The zero-order valence-electron chi connectivity index (χ0n) is 24.8. The van der Waals surface area contributed by atoms with E-state index in [0.717, 1.165) is 22.3 Å². The van der Waals surface area contributed by atoms with E-state index in [9.17, 15) is 19.8 Å². The van der Waals surface area contributed by atoms with Crippen molar-refractivity contribution in [1.82, 2.24) is 15.0 Å². The molecule has 0 saturated heterocycles. The van der Waals surface area contributed by atoms with Crippen molar-refractivity contribution in [2.24, 2.45) is 0 Å². The Bertz CT molecular complexity index is 1600. The van der Waals surface area contributed by atoms with Crippen molar-refractivity contribution in [1.29, 1.82) is 0 Å². The van der Waals surface area contributed by atoms with Crippen LogP contribution in [0.15, 0.2) is 48.5 Å². The predicted molar refractivity (Wildman–Crippen MR) is 163 cm³/mol. The highest BCUT2D eigenvalue weighted by atomic mass is 35.5. The minimum Gasteiger partial charge on any atom is -0.508 e. The van der Waals surface area contributed by atoms with E-state index in [-0.39, 0.29) is 35.2 Å². The van der Waals surface area contributed by atoms with Gasteiger partial charge in [0.1, 0.15) is 28.2 Å². The normalized spacial score (nSPS) is 11.7. The lowest BCUT2D eigenvalue weighted by Gasteiger charge is -2.23. The topological polar surface area (TPSA) is 146 Å². The first-order chi connectivity index (χ1) is 19.5. The summed E-state index contributed by atoms with van der Waals surface area (Å²) in [6, 6.07) is 14.1. The fraction of sp³-hybridized carbons (Fsp3) is 0.375. The van der Waals surface area contributed by atoms with Gasteiger partial charge in [-0.15, -0.1) is 15.0 Å². The molecule has 0 saturated carbocycles. The van der Waals surface area contributed by atoms with E-state index >= 15 is 0 Å². The van der Waals surface area contributed by atoms with E-state index in [0.29, 0.717) is 34.6 Å². The van der Waals surface area contributed by atoms with E-state index in [1.807, 2.05) is 53.7 Å². The molecule has 0 unspecified atom stereocenters. The Morgan fingerprint density at radius 1 is 0.738 bits per heavy atom. The first kappa shape index (κ1) is 32.4. The molecule has 4 aromatic rings. The molecule has 0 aliphatic carbocycles. The third-order valence-electron chi connectivity index (χ3n) is 6.64. The second kappa shape index (κ2) is 12.8. The molecule has 10 heteroatoms. The predicted octanol–water partition coefficient (Wildman–Crippen LogP) is 6.80. The average Bonchev–Trinajstić information content (AvgIpc) is 3.29. The number of nitrogens with zero attached hydrogens (tertiary/aromatic N) is 3. The number of aryl methyl sites for hydroxylation is 2. The number of phenols is 2. The fourth-order valence-corrected chi connectivity index (χ4v) is 4.55. The van der Waals surface area contributed by atoms with Gasteiger partial charge in [0.05, 0.1) is 0 Å². The molecule has 0 bridgehead atoms. The molecule has 3 aromatic carbocycles. The number of fused-ring (bicyclic) bond motifs is 1. The highest BCUT2D eigenvalue weighted by molar-refractivity contribution is 6.31. The lowest BCUT2D eigenvalue weighted by Crippen LogP contribution is -2.14. The zero-order chi connectivity index (χ0) is 31.4. The van der Waals surface area contributed by atoms with Gasteiger partial charge >= 0.3 is 11.9 Å². The molecule has 1 heterocycles. The number of hydrogen-bond donors (Lipinski definition) is 4. The van der Waals surface area contributed by atoms with E-state index in [2.05, 4.69) is 10.2 Å². The molecule has 0 spiro atoms. The maximum atomic E-state index is 10.9. The van der Waals surface area contributed by atoms with Crippen LogP contribution < -0.4 is 0 Å². The summed E-state index contributed by atoms with van der Waals surface area (Å²) >= 11 is 6.00. The van der Waals surface area contributed by atoms with Crippen molar-refractivity contribution in [3.63, 3.8) is 0 Å². The molecule has 0 radical (unpaired) electrons. The van der Waals surface area contributed by atoms with Crippen LogP contribution in [0.4, 0.5) is 0 Å². The van der Waals surface area contributed by atoms with Crippen LogP contribution in [0.2, 0.25) is 5.02 Å². The number of benzene rings is 3. The summed E-state index contributed by atoms with van der Waals surface area (Å²) in [5.41, 5.74) is 4.56. The number of halogens is 1. The number of aromatic hydroxyl groups is 2. The number of carboxylic acids is 2. The smallest absolute Gasteiger partial charge is 0.303 e. The van der Waals surface area contributed by atoms with E-state index in [1.54, 1.807) is 36.4 Å². The third kappa shape index (κ3) is 8.45. The minimum atomic E-state index is -0.866. The number of phenolic OH excluding ortho intramolecular Hbond substituents is 2. The van der Waals surface area contributed by atoms with Crippen LogP contribution in [0, 0.1) is 0 Å². The number of hydrogen-bond acceptors (Lipinski definition) is 6. The van der Waals surface area contributed by atoms with Crippen molar-refractivity contribution < 1.29 is 30.0 Å². The van der Waals surface area contributed by atoms with E-state index in [1.165, 1.54) is 4.80 Å². The van der Waals surface area contributed by atoms with Gasteiger partial charge in [0, 0.05) is 23.4 Å². The number of aliphatic carboxylic acids is 2. The van der Waals surface area contributed by atoms with Gasteiger partial charge in [-0.1, -0.05) is 71.3 Å². The quantitative estimate of drug-likeness (QED) is 0.182. The van der Waals surface area contributed by atoms with Gasteiger partial charge in [0.15, 0.2) is 0 Å². The number of carboxylic acid groups (broad SMARTS) is 2. The summed E-state index contributed by atoms with van der Waals surface area (Å²) in [5, 5.41) is 47.5. The summed E-state index contributed by atoms with van der Waals surface area (Å²) in [6.45, 7) is 12.0. The van der Waals surface area contributed by atoms with Gasteiger partial charge in [-0.2, -0.15) is 0 Å². The maximum absolute atomic E-state index is 10.9. The Hall–Kier alpha value is -4.11. The highest BCUT2D eigenvalue weighted by Gasteiger charge is 2.23. The molecule has 9 nitrogen and oxygen atoms in total. The monoisotopic (exact) mass is 595 g/mol. The third-order valence-corrected chi connectivity index (χ3v) is 6.87. The van der Waals surface area contributed by atoms with Crippen LogP contribution in [0.3, 0.4) is 0 Å². The SMILES string of the molecule is CC(C)(C)c1cc(CCC(=O)O)cc(-n2nc3ccc(Cl)cc3n2)c1O.CC(C)(C)c1cc(CCC(=O)O)ccc1O. The summed E-state index contributed by atoms with van der Waals surface area (Å²) in [4.78, 5) is 22.8. The van der Waals surface area contributed by atoms with Crippen molar-refractivity contribution >= 4 is 34.6 Å². The molecule has 0 aliphatic heterocycles.